The van der Waals surface area contributed by atoms with Gasteiger partial charge in [-0.2, -0.15) is 10.2 Å². The smallest absolute Gasteiger partial charge is 0.255 e. The highest BCUT2D eigenvalue weighted by Crippen LogP contribution is 2.29. The van der Waals surface area contributed by atoms with Crippen molar-refractivity contribution < 1.29 is 13.9 Å². The molecule has 0 saturated carbocycles. The molecular formula is C29H27FN6O2. The molecule has 8 nitrogen and oxygen atoms in total. The molecule has 192 valence electrons. The van der Waals surface area contributed by atoms with Crippen molar-refractivity contribution in [3.05, 3.63) is 89.5 Å². The Morgan fingerprint density at radius 2 is 2.08 bits per heavy atom. The second kappa shape index (κ2) is 10.1. The predicted molar refractivity (Wildman–Crippen MR) is 144 cm³/mol. The Balaban J connectivity index is 1.18. The monoisotopic (exact) mass is 510 g/mol. The number of H-pyrrole nitrogens is 2. The first-order chi connectivity index (χ1) is 18.6. The van der Waals surface area contributed by atoms with Gasteiger partial charge in [0, 0.05) is 46.8 Å². The number of carbonyl (C=O) groups excluding carboxylic acids is 1. The number of aromatic amines is 2. The fourth-order valence-corrected chi connectivity index (χ4v) is 5.05. The van der Waals surface area contributed by atoms with E-state index in [4.69, 9.17) is 4.74 Å². The number of ether oxygens (including phenoxy) is 1. The van der Waals surface area contributed by atoms with Crippen LogP contribution >= 0.6 is 0 Å². The van der Waals surface area contributed by atoms with Crippen LogP contribution in [0.15, 0.2) is 72.6 Å². The summed E-state index contributed by atoms with van der Waals surface area (Å²) in [5.41, 5.74) is 5.68. The van der Waals surface area contributed by atoms with Crippen molar-refractivity contribution >= 4 is 27.7 Å². The molecule has 1 aliphatic rings. The molecule has 1 fully saturated rings. The van der Waals surface area contributed by atoms with Crippen molar-refractivity contribution in [3.8, 4) is 17.0 Å². The zero-order valence-electron chi connectivity index (χ0n) is 20.9. The molecule has 1 amide bonds. The fourth-order valence-electron chi connectivity index (χ4n) is 5.05. The number of nitrogens with zero attached hydrogens (tertiary/aromatic N) is 3. The van der Waals surface area contributed by atoms with Crippen LogP contribution in [0.4, 0.5) is 4.39 Å². The van der Waals surface area contributed by atoms with Gasteiger partial charge >= 0.3 is 0 Å². The lowest BCUT2D eigenvalue weighted by atomic mass is 10.0. The van der Waals surface area contributed by atoms with Crippen LogP contribution < -0.4 is 10.1 Å². The maximum absolute atomic E-state index is 14.4. The summed E-state index contributed by atoms with van der Waals surface area (Å²) in [5, 5.41) is 19.5. The number of aromatic nitrogens is 4. The van der Waals surface area contributed by atoms with Crippen LogP contribution in [0, 0.1) is 5.82 Å². The Kier molecular flexibility index (Phi) is 6.35. The molecule has 5 aromatic rings. The van der Waals surface area contributed by atoms with E-state index in [1.54, 1.807) is 37.7 Å². The number of benzene rings is 3. The molecule has 6 rings (SSSR count). The van der Waals surface area contributed by atoms with E-state index in [0.29, 0.717) is 30.0 Å². The third kappa shape index (κ3) is 4.64. The second-order valence-electron chi connectivity index (χ2n) is 9.52. The van der Waals surface area contributed by atoms with E-state index >= 15 is 0 Å². The number of hydrogen-bond donors (Lipinski definition) is 3. The third-order valence-corrected chi connectivity index (χ3v) is 7.02. The molecule has 1 aliphatic heterocycles. The quantitative estimate of drug-likeness (QED) is 0.293. The molecule has 0 unspecified atom stereocenters. The van der Waals surface area contributed by atoms with E-state index < -0.39 is 0 Å². The van der Waals surface area contributed by atoms with Crippen molar-refractivity contribution in [1.29, 1.82) is 0 Å². The number of likely N-dealkylation sites (tertiary alicyclic amines) is 1. The van der Waals surface area contributed by atoms with Crippen LogP contribution in [0.25, 0.3) is 33.1 Å². The van der Waals surface area contributed by atoms with Crippen LogP contribution in [0.1, 0.15) is 28.8 Å². The average molecular weight is 511 g/mol. The first-order valence-corrected chi connectivity index (χ1v) is 12.5. The minimum absolute atomic E-state index is 0.191. The number of hydrogen-bond acceptors (Lipinski definition) is 5. The zero-order chi connectivity index (χ0) is 26.1. The fraction of sp³-hybridized carbons (Fsp3) is 0.207. The van der Waals surface area contributed by atoms with Crippen LogP contribution in [0.3, 0.4) is 0 Å². The van der Waals surface area contributed by atoms with Crippen LogP contribution in [-0.4, -0.2) is 51.4 Å². The summed E-state index contributed by atoms with van der Waals surface area (Å²) in [6, 6.07) is 16.4. The van der Waals surface area contributed by atoms with E-state index in [9.17, 15) is 9.18 Å². The molecule has 0 aliphatic carbocycles. The lowest BCUT2D eigenvalue weighted by Crippen LogP contribution is -2.32. The molecule has 2 aromatic heterocycles. The molecule has 3 aromatic carbocycles. The Hall–Kier alpha value is -4.50. The third-order valence-electron chi connectivity index (χ3n) is 7.02. The van der Waals surface area contributed by atoms with Crippen molar-refractivity contribution in [2.24, 2.45) is 0 Å². The van der Waals surface area contributed by atoms with Gasteiger partial charge in [-0.15, -0.1) is 0 Å². The van der Waals surface area contributed by atoms with Crippen LogP contribution in [0.2, 0.25) is 0 Å². The van der Waals surface area contributed by atoms with Gasteiger partial charge in [-0.25, -0.2) is 4.39 Å². The maximum Gasteiger partial charge on any atom is 0.255 e. The summed E-state index contributed by atoms with van der Waals surface area (Å²) in [5.74, 6) is 0.0867. The van der Waals surface area contributed by atoms with Crippen molar-refractivity contribution in [2.75, 3.05) is 20.2 Å². The highest BCUT2D eigenvalue weighted by Gasteiger charge is 2.19. The molecule has 3 N–H and O–H groups in total. The van der Waals surface area contributed by atoms with Crippen molar-refractivity contribution in [2.45, 2.75) is 19.4 Å². The summed E-state index contributed by atoms with van der Waals surface area (Å²) in [6.45, 7) is 1.96. The average Bonchev–Trinajstić information content (AvgIpc) is 3.59. The van der Waals surface area contributed by atoms with Gasteiger partial charge in [0.1, 0.15) is 11.6 Å². The van der Waals surface area contributed by atoms with E-state index in [2.05, 4.69) is 30.6 Å². The number of piperidine rings is 1. The van der Waals surface area contributed by atoms with E-state index in [-0.39, 0.29) is 11.7 Å². The van der Waals surface area contributed by atoms with Gasteiger partial charge < -0.3 is 10.1 Å². The van der Waals surface area contributed by atoms with Gasteiger partial charge in [0.15, 0.2) is 0 Å². The van der Waals surface area contributed by atoms with E-state index in [1.807, 2.05) is 30.3 Å². The number of methoxy groups -OCH3 is 1. The molecule has 0 bridgehead atoms. The number of carbonyl (C=O) groups is 1. The number of halogens is 1. The van der Waals surface area contributed by atoms with Gasteiger partial charge in [0.05, 0.1) is 30.0 Å². The number of amides is 1. The van der Waals surface area contributed by atoms with E-state index in [0.717, 1.165) is 58.0 Å². The zero-order valence-corrected chi connectivity index (χ0v) is 20.9. The van der Waals surface area contributed by atoms with Gasteiger partial charge in [0.25, 0.3) is 5.91 Å². The summed E-state index contributed by atoms with van der Waals surface area (Å²) in [6.07, 6.45) is 5.39. The van der Waals surface area contributed by atoms with Gasteiger partial charge in [-0.1, -0.05) is 18.2 Å². The molecule has 1 saturated heterocycles. The standard InChI is InChI=1S/C29H27FN6O2/c1-38-27-6-2-5-24(30)23(27)17-36-11-3-4-18(16-36)14-31-29(37)20-9-10-25-22(12-20)28(35-34-25)19-7-8-21-15-32-33-26(21)13-19/h2,5-10,12-15H,3-4,11,16-17H2,1H3,(H,31,37)(H,32,33)(H,34,35)/b18-14+. The molecule has 0 radical (unpaired) electrons. The molecule has 0 spiro atoms. The maximum atomic E-state index is 14.4. The minimum Gasteiger partial charge on any atom is -0.496 e. The summed E-state index contributed by atoms with van der Waals surface area (Å²) in [7, 11) is 1.55. The molecule has 9 heteroatoms. The first-order valence-electron chi connectivity index (χ1n) is 12.5. The predicted octanol–water partition coefficient (Wildman–Crippen LogP) is 5.16. The Bertz CT molecular complexity index is 1670. The topological polar surface area (TPSA) is 98.9 Å². The van der Waals surface area contributed by atoms with Crippen molar-refractivity contribution in [3.63, 3.8) is 0 Å². The largest absolute Gasteiger partial charge is 0.496 e. The minimum atomic E-state index is -0.271. The SMILES string of the molecule is COc1cccc(F)c1CN1CCC/C(=C\NC(=O)c2ccc3[nH]nc(-c4ccc5cn[nH]c5c4)c3c2)C1. The summed E-state index contributed by atoms with van der Waals surface area (Å²) >= 11 is 0. The van der Waals surface area contributed by atoms with Gasteiger partial charge in [-0.3, -0.25) is 19.9 Å². The number of nitrogens with one attached hydrogen (secondary N) is 3. The molecule has 0 atom stereocenters. The normalized spacial score (nSPS) is 15.4. The first kappa shape index (κ1) is 23.9. The lowest BCUT2D eigenvalue weighted by molar-refractivity contribution is 0.0969. The highest BCUT2D eigenvalue weighted by molar-refractivity contribution is 6.02. The number of rotatable bonds is 6. The summed E-state index contributed by atoms with van der Waals surface area (Å²) in [4.78, 5) is 15.2. The Labute approximate surface area is 218 Å². The van der Waals surface area contributed by atoms with Crippen LogP contribution in [-0.2, 0) is 6.54 Å². The highest BCUT2D eigenvalue weighted by atomic mass is 19.1. The lowest BCUT2D eigenvalue weighted by Gasteiger charge is -2.29. The molecular weight excluding hydrogens is 483 g/mol. The van der Waals surface area contributed by atoms with Gasteiger partial charge in [-0.05, 0) is 61.4 Å². The Morgan fingerprint density at radius 1 is 1.16 bits per heavy atom. The number of fused-ring (bicyclic) bond motifs is 2. The Morgan fingerprint density at radius 3 is 2.97 bits per heavy atom. The molecule has 3 heterocycles. The second-order valence-corrected chi connectivity index (χ2v) is 9.52. The van der Waals surface area contributed by atoms with Crippen molar-refractivity contribution in [1.82, 2.24) is 30.6 Å². The molecule has 38 heavy (non-hydrogen) atoms. The van der Waals surface area contributed by atoms with Gasteiger partial charge in [0.2, 0.25) is 0 Å². The van der Waals surface area contributed by atoms with E-state index in [1.165, 1.54) is 6.07 Å². The summed E-state index contributed by atoms with van der Waals surface area (Å²) < 4.78 is 19.8. The van der Waals surface area contributed by atoms with Crippen LogP contribution in [0.5, 0.6) is 5.75 Å².